The summed E-state index contributed by atoms with van der Waals surface area (Å²) in [6, 6.07) is 0. The SMILES string of the molecule is CCCCCCCCCCCC(O)CCCC(CCCC)S(=O)(=O)[O-].[K+]. The van der Waals surface area contributed by atoms with Gasteiger partial charge in [0.05, 0.1) is 16.2 Å². The van der Waals surface area contributed by atoms with Crippen molar-refractivity contribution < 1.29 is 69.5 Å². The minimum Gasteiger partial charge on any atom is -0.748 e. The molecule has 0 bridgehead atoms. The summed E-state index contributed by atoms with van der Waals surface area (Å²) in [4.78, 5) is 0. The third-order valence-corrected chi connectivity index (χ3v) is 6.28. The van der Waals surface area contributed by atoms with Crippen molar-refractivity contribution in [3.8, 4) is 0 Å². The van der Waals surface area contributed by atoms with E-state index in [0.29, 0.717) is 25.7 Å². The van der Waals surface area contributed by atoms with Crippen LogP contribution in [0, 0.1) is 0 Å². The molecule has 1 N–H and O–H groups in total. The molecule has 0 aliphatic heterocycles. The van der Waals surface area contributed by atoms with Gasteiger partial charge >= 0.3 is 51.4 Å². The van der Waals surface area contributed by atoms with Crippen molar-refractivity contribution in [2.45, 2.75) is 128 Å². The number of aliphatic hydroxyl groups is 1. The van der Waals surface area contributed by atoms with Crippen molar-refractivity contribution in [2.75, 3.05) is 0 Å². The van der Waals surface area contributed by atoms with Crippen LogP contribution in [-0.2, 0) is 10.1 Å². The molecule has 0 aromatic carbocycles. The van der Waals surface area contributed by atoms with Gasteiger partial charge in [0, 0.05) is 5.25 Å². The molecule has 0 fully saturated rings. The molecule has 0 amide bonds. The summed E-state index contributed by atoms with van der Waals surface area (Å²) >= 11 is 0. The predicted octanol–water partition coefficient (Wildman–Crippen LogP) is 2.55. The van der Waals surface area contributed by atoms with Crippen molar-refractivity contribution in [1.29, 1.82) is 0 Å². The first kappa shape index (κ1) is 29.7. The molecule has 152 valence electrons. The second kappa shape index (κ2) is 19.8. The van der Waals surface area contributed by atoms with Crippen LogP contribution < -0.4 is 51.4 Å². The Hall–Kier alpha value is 1.51. The number of aliphatic hydroxyl groups excluding tert-OH is 1. The predicted molar refractivity (Wildman–Crippen MR) is 105 cm³/mol. The van der Waals surface area contributed by atoms with Crippen LogP contribution in [0.4, 0.5) is 0 Å². The van der Waals surface area contributed by atoms with Gasteiger partial charge in [-0.3, -0.25) is 0 Å². The average molecular weight is 417 g/mol. The number of hydrogen-bond donors (Lipinski definition) is 1. The molecular weight excluding hydrogens is 375 g/mol. The van der Waals surface area contributed by atoms with E-state index in [1.54, 1.807) is 0 Å². The van der Waals surface area contributed by atoms with E-state index >= 15 is 0 Å². The van der Waals surface area contributed by atoms with E-state index in [1.807, 2.05) is 6.92 Å². The van der Waals surface area contributed by atoms with Crippen LogP contribution in [0.15, 0.2) is 0 Å². The van der Waals surface area contributed by atoms with Gasteiger partial charge in [-0.05, 0) is 32.1 Å². The van der Waals surface area contributed by atoms with Gasteiger partial charge in [0.2, 0.25) is 0 Å². The fourth-order valence-corrected chi connectivity index (χ4v) is 4.19. The van der Waals surface area contributed by atoms with Crippen LogP contribution in [0.3, 0.4) is 0 Å². The summed E-state index contributed by atoms with van der Waals surface area (Å²) in [5.41, 5.74) is 0. The van der Waals surface area contributed by atoms with Crippen LogP contribution in [0.25, 0.3) is 0 Å². The largest absolute Gasteiger partial charge is 1.00 e. The molecule has 0 saturated heterocycles. The van der Waals surface area contributed by atoms with Gasteiger partial charge in [-0.15, -0.1) is 0 Å². The molecule has 0 aliphatic rings. The van der Waals surface area contributed by atoms with Crippen molar-refractivity contribution in [2.24, 2.45) is 0 Å². The van der Waals surface area contributed by atoms with Crippen LogP contribution in [0.5, 0.6) is 0 Å². The Labute approximate surface area is 205 Å². The minimum absolute atomic E-state index is 0. The van der Waals surface area contributed by atoms with E-state index < -0.39 is 15.4 Å². The van der Waals surface area contributed by atoms with E-state index in [4.69, 9.17) is 0 Å². The topological polar surface area (TPSA) is 77.4 Å². The monoisotopic (exact) mass is 416 g/mol. The maximum atomic E-state index is 11.3. The normalized spacial score (nSPS) is 14.0. The zero-order valence-corrected chi connectivity index (χ0v) is 21.5. The average Bonchev–Trinajstić information content (AvgIpc) is 2.55. The smallest absolute Gasteiger partial charge is 0.748 e. The molecule has 0 spiro atoms. The Morgan fingerprint density at radius 2 is 1.12 bits per heavy atom. The van der Waals surface area contributed by atoms with Gasteiger partial charge in [0.15, 0.2) is 0 Å². The Balaban J connectivity index is 0. The second-order valence-corrected chi connectivity index (χ2v) is 9.11. The molecule has 26 heavy (non-hydrogen) atoms. The van der Waals surface area contributed by atoms with Crippen LogP contribution in [0.2, 0.25) is 0 Å². The first-order valence-electron chi connectivity index (χ1n) is 10.5. The molecule has 4 nitrogen and oxygen atoms in total. The Morgan fingerprint density at radius 3 is 1.62 bits per heavy atom. The van der Waals surface area contributed by atoms with Gasteiger partial charge in [-0.2, -0.15) is 0 Å². The van der Waals surface area contributed by atoms with Gasteiger partial charge in [0.25, 0.3) is 0 Å². The van der Waals surface area contributed by atoms with E-state index in [-0.39, 0.29) is 57.5 Å². The van der Waals surface area contributed by atoms with E-state index in [2.05, 4.69) is 6.92 Å². The van der Waals surface area contributed by atoms with Crippen molar-refractivity contribution in [3.05, 3.63) is 0 Å². The number of rotatable bonds is 18. The fourth-order valence-electron chi connectivity index (χ4n) is 3.28. The zero-order chi connectivity index (χ0) is 19.0. The molecule has 0 aromatic heterocycles. The molecule has 0 aliphatic carbocycles. The maximum Gasteiger partial charge on any atom is 1.00 e. The quantitative estimate of drug-likeness (QED) is 0.212. The third-order valence-electron chi connectivity index (χ3n) is 4.99. The first-order valence-corrected chi connectivity index (χ1v) is 12.0. The number of hydrogen-bond acceptors (Lipinski definition) is 4. The van der Waals surface area contributed by atoms with Gasteiger partial charge in [0.1, 0.15) is 0 Å². The second-order valence-electron chi connectivity index (χ2n) is 7.46. The van der Waals surface area contributed by atoms with E-state index in [1.165, 1.54) is 51.4 Å². The van der Waals surface area contributed by atoms with Crippen LogP contribution in [-0.4, -0.2) is 29.4 Å². The maximum absolute atomic E-state index is 11.3. The Bertz CT molecular complexity index is 387. The van der Waals surface area contributed by atoms with E-state index in [9.17, 15) is 18.1 Å². The molecule has 0 radical (unpaired) electrons. The molecule has 2 atom stereocenters. The Kier molecular flexibility index (Phi) is 22.6. The summed E-state index contributed by atoms with van der Waals surface area (Å²) in [6.07, 6.45) is 15.6. The van der Waals surface area contributed by atoms with Crippen LogP contribution >= 0.6 is 0 Å². The van der Waals surface area contributed by atoms with Crippen molar-refractivity contribution in [3.63, 3.8) is 0 Å². The molecule has 0 rings (SSSR count). The third kappa shape index (κ3) is 18.9. The summed E-state index contributed by atoms with van der Waals surface area (Å²) in [5, 5.41) is 9.24. The summed E-state index contributed by atoms with van der Waals surface area (Å²) in [6.45, 7) is 4.22. The fraction of sp³-hybridized carbons (Fsp3) is 1.00. The standard InChI is InChI=1S/C20H42O4S.K/c1-3-5-7-8-9-10-11-12-13-15-19(21)16-14-18-20(17-6-4-2)25(22,23)24;/h19-21H,3-18H2,1-2H3,(H,22,23,24);/q;+1/p-1. The molecule has 0 saturated carbocycles. The molecule has 0 aromatic rings. The summed E-state index contributed by atoms with van der Waals surface area (Å²) in [7, 11) is -4.20. The van der Waals surface area contributed by atoms with Gasteiger partial charge in [-0.25, -0.2) is 8.42 Å². The van der Waals surface area contributed by atoms with Crippen LogP contribution in [0.1, 0.15) is 117 Å². The van der Waals surface area contributed by atoms with E-state index in [0.717, 1.165) is 25.7 Å². The summed E-state index contributed by atoms with van der Waals surface area (Å²) in [5.74, 6) is 0. The van der Waals surface area contributed by atoms with Crippen molar-refractivity contribution >= 4 is 10.1 Å². The Morgan fingerprint density at radius 1 is 0.692 bits per heavy atom. The molecule has 0 heterocycles. The van der Waals surface area contributed by atoms with Gasteiger partial charge < -0.3 is 9.66 Å². The molecule has 2 unspecified atom stereocenters. The van der Waals surface area contributed by atoms with Crippen molar-refractivity contribution in [1.82, 2.24) is 0 Å². The zero-order valence-electron chi connectivity index (χ0n) is 17.5. The molecule has 6 heteroatoms. The summed E-state index contributed by atoms with van der Waals surface area (Å²) < 4.78 is 33.8. The minimum atomic E-state index is -4.20. The first-order chi connectivity index (χ1) is 11.9. The van der Waals surface area contributed by atoms with Gasteiger partial charge in [-0.1, -0.05) is 84.5 Å². The molecular formula is C20H41KO4S. The number of unbranched alkanes of at least 4 members (excludes halogenated alkanes) is 9.